The maximum atomic E-state index is 13.6. The number of aliphatic carboxylic acids is 2. The van der Waals surface area contributed by atoms with E-state index in [2.05, 4.69) is 54.2 Å². The summed E-state index contributed by atoms with van der Waals surface area (Å²) in [5.41, 5.74) is 1.80. The number of imide groups is 2. The molecule has 8 unspecified atom stereocenters. The van der Waals surface area contributed by atoms with Gasteiger partial charge in [0.15, 0.2) is 0 Å². The largest absolute Gasteiger partial charge is 0.481 e. The number of aromatic nitrogens is 6. The van der Waals surface area contributed by atoms with E-state index in [9.17, 15) is 48.6 Å². The Morgan fingerprint density at radius 3 is 1.72 bits per heavy atom. The van der Waals surface area contributed by atoms with Crippen LogP contribution in [0.5, 0.6) is 11.5 Å². The highest BCUT2D eigenvalue weighted by Gasteiger charge is 2.56. The minimum absolute atomic E-state index is 0.00463. The highest BCUT2D eigenvalue weighted by molar-refractivity contribution is 6.35. The summed E-state index contributed by atoms with van der Waals surface area (Å²) in [5, 5.41) is 37.9. The average Bonchev–Trinajstić information content (AvgIpc) is 4.16. The Kier molecular flexibility index (Phi) is 9.50. The Labute approximate surface area is 366 Å². The number of benzene rings is 2. The topological polar surface area (TPSA) is 300 Å². The summed E-state index contributed by atoms with van der Waals surface area (Å²) in [6, 6.07) is 8.18. The van der Waals surface area contributed by atoms with Crippen molar-refractivity contribution in [1.82, 2.24) is 30.4 Å². The lowest BCUT2D eigenvalue weighted by atomic mass is 9.78. The molecule has 6 N–H and O–H groups in total. The average molecular weight is 881 g/mol. The number of anilines is 4. The van der Waals surface area contributed by atoms with Gasteiger partial charge in [0.1, 0.15) is 11.5 Å². The van der Waals surface area contributed by atoms with E-state index in [0.717, 1.165) is 16.0 Å². The van der Waals surface area contributed by atoms with E-state index < -0.39 is 71.1 Å². The summed E-state index contributed by atoms with van der Waals surface area (Å²) in [5.74, 6) is -12.2. The SMILES string of the molecule is C=CCC1=CC2CC1C(C(=O)Nc1n[nH]c(N3C(=O)c4ccc(Oc5ccc6c(c5)C(=O)N(c5n[nH]c(NC(=O)C7C8CC(C=C8CC=C)C7C(=O)O)n5)C6=O)cc4C3=O)n1)C2C(=O)O. The molecule has 21 heteroatoms. The summed E-state index contributed by atoms with van der Waals surface area (Å²) < 4.78 is 5.97. The number of ether oxygens (including phenoxy) is 1. The second-order valence-electron chi connectivity index (χ2n) is 16.6. The molecule has 0 radical (unpaired) electrons. The standard InChI is InChI=1S/C44H36N10O11/c1-3-5-17-11-19-13-25(17)31(29(19)39(61)62)33(55)45-41-47-43(51-49-41)53-35(57)23-9-7-21(15-27(23)37(53)59)65-22-8-10-24-28(16-22)38(60)54(36(24)58)44-48-42(50-52-44)46-34(56)32-26-14-20(30(32)40(63)64)12-18(26)6-4-2/h3-4,7-12,15-16,19-20,25-26,29-32H,1-2,5-6,13-14H2,(H,61,62)(H,63,64)(H2,45,47,49,51,55)(H2,46,48,50,52,56). The predicted molar refractivity (Wildman–Crippen MR) is 223 cm³/mol. The second kappa shape index (κ2) is 15.2. The van der Waals surface area contributed by atoms with Gasteiger partial charge in [-0.2, -0.15) is 9.97 Å². The highest BCUT2D eigenvalue weighted by Crippen LogP contribution is 2.54. The van der Waals surface area contributed by atoms with E-state index in [1.165, 1.54) is 36.4 Å². The Morgan fingerprint density at radius 2 is 1.18 bits per heavy atom. The van der Waals surface area contributed by atoms with Gasteiger partial charge in [-0.05, 0) is 85.8 Å². The first-order valence-corrected chi connectivity index (χ1v) is 20.5. The number of carboxylic acid groups (broad SMARTS) is 2. The number of aromatic amines is 2. The molecule has 8 atom stereocenters. The van der Waals surface area contributed by atoms with E-state index in [0.29, 0.717) is 30.6 Å². The molecular formula is C44H36N10O11. The van der Waals surface area contributed by atoms with E-state index in [1.54, 1.807) is 12.2 Å². The zero-order valence-corrected chi connectivity index (χ0v) is 33.9. The molecule has 0 saturated heterocycles. The number of H-pyrrole nitrogens is 2. The van der Waals surface area contributed by atoms with Crippen molar-refractivity contribution in [3.05, 3.63) is 107 Å². The fourth-order valence-corrected chi connectivity index (χ4v) is 10.5. The second-order valence-corrected chi connectivity index (χ2v) is 16.6. The molecule has 4 bridgehead atoms. The fraction of sp³-hybridized carbons (Fsp3) is 0.273. The maximum absolute atomic E-state index is 13.6. The van der Waals surface area contributed by atoms with Crippen LogP contribution in [0.25, 0.3) is 0 Å². The number of allylic oxidation sites excluding steroid dienone is 6. The summed E-state index contributed by atoms with van der Waals surface area (Å²) in [6.45, 7) is 7.50. The van der Waals surface area contributed by atoms with Gasteiger partial charge in [0, 0.05) is 0 Å². The number of rotatable bonds is 14. The van der Waals surface area contributed by atoms with Crippen molar-refractivity contribution in [2.24, 2.45) is 47.3 Å². The van der Waals surface area contributed by atoms with Crippen LogP contribution in [0.15, 0.2) is 85.0 Å². The zero-order chi connectivity index (χ0) is 45.6. The molecule has 2 aromatic carbocycles. The number of carboxylic acids is 2. The molecule has 10 rings (SSSR count). The van der Waals surface area contributed by atoms with E-state index >= 15 is 0 Å². The summed E-state index contributed by atoms with van der Waals surface area (Å²) in [7, 11) is 0. The van der Waals surface area contributed by atoms with Crippen molar-refractivity contribution in [3.8, 4) is 11.5 Å². The predicted octanol–water partition coefficient (Wildman–Crippen LogP) is 4.13. The summed E-state index contributed by atoms with van der Waals surface area (Å²) in [6.07, 6.45) is 9.31. The molecule has 6 aliphatic rings. The smallest absolute Gasteiger partial charge is 0.307 e. The van der Waals surface area contributed by atoms with Gasteiger partial charge in [-0.3, -0.25) is 49.0 Å². The molecule has 4 heterocycles. The fourth-order valence-electron chi connectivity index (χ4n) is 10.5. The number of amides is 6. The Hall–Kier alpha value is -8.36. The third-order valence-corrected chi connectivity index (χ3v) is 13.1. The van der Waals surface area contributed by atoms with Gasteiger partial charge in [0.05, 0.1) is 45.9 Å². The number of hydrogen-bond acceptors (Lipinski definition) is 13. The van der Waals surface area contributed by atoms with Crippen molar-refractivity contribution in [3.63, 3.8) is 0 Å². The van der Waals surface area contributed by atoms with Gasteiger partial charge in [-0.15, -0.1) is 23.4 Å². The van der Waals surface area contributed by atoms with Crippen molar-refractivity contribution in [1.29, 1.82) is 0 Å². The van der Waals surface area contributed by atoms with Crippen molar-refractivity contribution >= 4 is 71.2 Å². The van der Waals surface area contributed by atoms with Crippen molar-refractivity contribution in [2.45, 2.75) is 25.7 Å². The van der Waals surface area contributed by atoms with Gasteiger partial charge in [0.2, 0.25) is 29.7 Å². The number of nitrogens with zero attached hydrogens (tertiary/aromatic N) is 6. The maximum Gasteiger partial charge on any atom is 0.307 e. The molecule has 4 aromatic rings. The van der Waals surface area contributed by atoms with Crippen LogP contribution in [0, 0.1) is 47.3 Å². The lowest BCUT2D eigenvalue weighted by molar-refractivity contribution is -0.147. The van der Waals surface area contributed by atoms with Gasteiger partial charge in [0.25, 0.3) is 29.6 Å². The molecule has 6 amide bonds. The number of carbonyl (C=O) groups is 8. The molecule has 4 aliphatic carbocycles. The van der Waals surface area contributed by atoms with Gasteiger partial charge < -0.3 is 14.9 Å². The van der Waals surface area contributed by atoms with Gasteiger partial charge in [-0.25, -0.2) is 20.0 Å². The molecular weight excluding hydrogens is 845 g/mol. The molecule has 2 fully saturated rings. The van der Waals surface area contributed by atoms with Crippen LogP contribution in [0.2, 0.25) is 0 Å². The van der Waals surface area contributed by atoms with E-state index in [4.69, 9.17) is 4.74 Å². The quantitative estimate of drug-likeness (QED) is 0.0766. The van der Waals surface area contributed by atoms with Crippen molar-refractivity contribution in [2.75, 3.05) is 20.4 Å². The normalized spacial score (nSPS) is 25.7. The number of hydrogen-bond donors (Lipinski definition) is 6. The monoisotopic (exact) mass is 880 g/mol. The van der Waals surface area contributed by atoms with Crippen molar-refractivity contribution < 1.29 is 53.3 Å². The first kappa shape index (κ1) is 40.7. The first-order chi connectivity index (χ1) is 31.3. The van der Waals surface area contributed by atoms with Crippen LogP contribution in [-0.4, -0.2) is 88.0 Å². The summed E-state index contributed by atoms with van der Waals surface area (Å²) in [4.78, 5) is 115. The Bertz CT molecular complexity index is 2740. The lowest BCUT2D eigenvalue weighted by Gasteiger charge is -2.27. The van der Waals surface area contributed by atoms with Gasteiger partial charge in [-0.1, -0.05) is 35.5 Å². The van der Waals surface area contributed by atoms with Crippen LogP contribution in [-0.2, 0) is 19.2 Å². The van der Waals surface area contributed by atoms with Crippen LogP contribution < -0.4 is 25.2 Å². The molecule has 0 spiro atoms. The zero-order valence-electron chi connectivity index (χ0n) is 33.9. The number of carbonyl (C=O) groups excluding carboxylic acids is 6. The van der Waals surface area contributed by atoms with Crippen LogP contribution >= 0.6 is 0 Å². The minimum atomic E-state index is -1.09. The molecule has 21 nitrogen and oxygen atoms in total. The molecule has 2 aromatic heterocycles. The lowest BCUT2D eigenvalue weighted by Crippen LogP contribution is -2.38. The first-order valence-electron chi connectivity index (χ1n) is 20.5. The molecule has 2 aliphatic heterocycles. The van der Waals surface area contributed by atoms with Crippen LogP contribution in [0.1, 0.15) is 67.1 Å². The summed E-state index contributed by atoms with van der Waals surface area (Å²) >= 11 is 0. The Balaban J connectivity index is 0.802. The number of fused-ring (bicyclic) bond motifs is 6. The van der Waals surface area contributed by atoms with E-state index in [1.807, 2.05) is 12.2 Å². The molecule has 65 heavy (non-hydrogen) atoms. The van der Waals surface area contributed by atoms with Crippen LogP contribution in [0.4, 0.5) is 23.8 Å². The van der Waals surface area contributed by atoms with E-state index in [-0.39, 0.29) is 81.2 Å². The Morgan fingerprint density at radius 1 is 0.677 bits per heavy atom. The van der Waals surface area contributed by atoms with Crippen LogP contribution in [0.3, 0.4) is 0 Å². The molecule has 2 saturated carbocycles. The van der Waals surface area contributed by atoms with Gasteiger partial charge >= 0.3 is 11.9 Å². The highest BCUT2D eigenvalue weighted by atomic mass is 16.5. The minimum Gasteiger partial charge on any atom is -0.481 e. The third-order valence-electron chi connectivity index (χ3n) is 13.1. The number of nitrogens with one attached hydrogen (secondary N) is 4. The third kappa shape index (κ3) is 6.44. The molecule has 328 valence electrons.